The molecule has 1 atom stereocenters. The number of hydrogen-bond donors (Lipinski definition) is 0. The average molecular weight is 391 g/mol. The second-order valence-corrected chi connectivity index (χ2v) is 8.05. The zero-order valence-electron chi connectivity index (χ0n) is 11.3. The summed E-state index contributed by atoms with van der Waals surface area (Å²) in [5.41, 5.74) is 0.495. The van der Waals surface area contributed by atoms with Gasteiger partial charge in [-0.05, 0) is 0 Å². The van der Waals surface area contributed by atoms with Crippen molar-refractivity contribution in [3.05, 3.63) is 33.4 Å². The summed E-state index contributed by atoms with van der Waals surface area (Å²) in [6.07, 6.45) is 0. The Balaban J connectivity index is 2.43. The van der Waals surface area contributed by atoms with Gasteiger partial charge >= 0.3 is 124 Å². The molecule has 1 aliphatic heterocycles. The molecule has 0 spiro atoms. The third-order valence-corrected chi connectivity index (χ3v) is 7.89. The molecule has 0 unspecified atom stereocenters. The van der Waals surface area contributed by atoms with E-state index in [1.807, 2.05) is 0 Å². The molecule has 7 heteroatoms. The molecule has 0 saturated carbocycles. The van der Waals surface area contributed by atoms with Crippen LogP contribution in [0.5, 0.6) is 0 Å². The number of halogens is 1. The van der Waals surface area contributed by atoms with Gasteiger partial charge < -0.3 is 0 Å². The van der Waals surface area contributed by atoms with Crippen molar-refractivity contribution < 1.29 is 22.2 Å². The molecular formula is C13H14INO5. The molecule has 108 valence electrons. The Kier molecular flexibility index (Phi) is 4.26. The van der Waals surface area contributed by atoms with Gasteiger partial charge in [-0.1, -0.05) is 0 Å². The predicted molar refractivity (Wildman–Crippen MR) is 78.6 cm³/mol. The normalized spacial score (nSPS) is 16.6. The van der Waals surface area contributed by atoms with E-state index < -0.39 is 38.5 Å². The van der Waals surface area contributed by atoms with Gasteiger partial charge in [-0.15, -0.1) is 0 Å². The molecule has 2 rings (SSSR count). The van der Waals surface area contributed by atoms with Crippen LogP contribution in [0.25, 0.3) is 0 Å². The van der Waals surface area contributed by atoms with Crippen molar-refractivity contribution in [2.24, 2.45) is 0 Å². The molecule has 1 amide bonds. The number of fused-ring (bicyclic) bond motifs is 1. The summed E-state index contributed by atoms with van der Waals surface area (Å²) in [6.45, 7) is 2.87. The summed E-state index contributed by atoms with van der Waals surface area (Å²) in [4.78, 5) is 35.4. The Bertz CT molecular complexity index is 574. The monoisotopic (exact) mass is 391 g/mol. The summed E-state index contributed by atoms with van der Waals surface area (Å²) in [5, 5.41) is 0. The molecular weight excluding hydrogens is 377 g/mol. The number of nitrogens with zero attached hydrogens (tertiary/aromatic N) is 1. The summed E-state index contributed by atoms with van der Waals surface area (Å²) in [6, 6.07) is 6.20. The van der Waals surface area contributed by atoms with E-state index in [-0.39, 0.29) is 5.91 Å². The molecule has 20 heavy (non-hydrogen) atoms. The Hall–Kier alpha value is -1.64. The minimum atomic E-state index is -2.71. The van der Waals surface area contributed by atoms with Crippen molar-refractivity contribution in [1.82, 2.24) is 3.11 Å². The van der Waals surface area contributed by atoms with E-state index in [4.69, 9.17) is 3.07 Å². The van der Waals surface area contributed by atoms with Crippen LogP contribution < -0.4 is 0 Å². The predicted octanol–water partition coefficient (Wildman–Crippen LogP) is 1.77. The Morgan fingerprint density at radius 1 is 1.30 bits per heavy atom. The zero-order valence-corrected chi connectivity index (χ0v) is 13.4. The van der Waals surface area contributed by atoms with Crippen molar-refractivity contribution in [2.75, 3.05) is 7.11 Å². The van der Waals surface area contributed by atoms with E-state index in [1.165, 1.54) is 17.1 Å². The molecule has 1 aliphatic rings. The van der Waals surface area contributed by atoms with Crippen LogP contribution in [0.1, 0.15) is 24.2 Å². The molecule has 1 aromatic rings. The van der Waals surface area contributed by atoms with Gasteiger partial charge in [0.25, 0.3) is 0 Å². The third kappa shape index (κ3) is 2.49. The molecule has 6 nitrogen and oxygen atoms in total. The number of carbonyl (C=O) groups is 3. The number of ether oxygens (including phenoxy) is 1. The Morgan fingerprint density at radius 3 is 2.55 bits per heavy atom. The van der Waals surface area contributed by atoms with Crippen LogP contribution in [0.2, 0.25) is 0 Å². The molecule has 0 radical (unpaired) electrons. The first-order valence-corrected chi connectivity index (χ1v) is 8.79. The number of carbonyl (C=O) groups excluding carboxylic acids is 3. The van der Waals surface area contributed by atoms with Crippen molar-refractivity contribution in [3.8, 4) is 0 Å². The van der Waals surface area contributed by atoms with Gasteiger partial charge in [0.1, 0.15) is 0 Å². The van der Waals surface area contributed by atoms with Gasteiger partial charge in [-0.25, -0.2) is 0 Å². The van der Waals surface area contributed by atoms with Crippen LogP contribution in [0.4, 0.5) is 0 Å². The fourth-order valence-electron chi connectivity index (χ4n) is 1.81. The van der Waals surface area contributed by atoms with E-state index in [0.29, 0.717) is 5.56 Å². The standard InChI is InChI=1S/C13H14INO5/c1-8(13(18)19-3)15-12(17)10-6-4-5-7-11(10)14(15)20-9(2)16/h4-8H,1-3H3/t8-/m0/s1. The second-order valence-electron chi connectivity index (χ2n) is 4.09. The maximum absolute atomic E-state index is 12.4. The molecule has 0 fully saturated rings. The third-order valence-electron chi connectivity index (χ3n) is 2.70. The van der Waals surface area contributed by atoms with Crippen LogP contribution in [0, 0.1) is 3.57 Å². The van der Waals surface area contributed by atoms with E-state index in [9.17, 15) is 14.4 Å². The first kappa shape index (κ1) is 14.8. The fourth-order valence-corrected chi connectivity index (χ4v) is 6.48. The SMILES string of the molecule is COC(=O)[C@H](C)N1C(=O)c2ccccc2I1OC(C)=O. The van der Waals surface area contributed by atoms with Crippen LogP contribution in [-0.2, 0) is 17.4 Å². The number of esters is 1. The number of amides is 1. The van der Waals surface area contributed by atoms with Gasteiger partial charge in [-0.3, -0.25) is 0 Å². The van der Waals surface area contributed by atoms with E-state index in [0.717, 1.165) is 3.57 Å². The topological polar surface area (TPSA) is 72.9 Å². The molecule has 0 N–H and O–H groups in total. The van der Waals surface area contributed by atoms with Crippen molar-refractivity contribution in [1.29, 1.82) is 0 Å². The van der Waals surface area contributed by atoms with Crippen molar-refractivity contribution in [2.45, 2.75) is 19.9 Å². The number of rotatable bonds is 3. The van der Waals surface area contributed by atoms with Crippen LogP contribution >= 0.6 is 20.5 Å². The van der Waals surface area contributed by atoms with Crippen LogP contribution in [0.3, 0.4) is 0 Å². The minimum absolute atomic E-state index is 0.287. The Labute approximate surface area is 124 Å². The summed E-state index contributed by atoms with van der Waals surface area (Å²) >= 11 is -2.71. The molecule has 0 aromatic heterocycles. The van der Waals surface area contributed by atoms with E-state index in [2.05, 4.69) is 4.74 Å². The van der Waals surface area contributed by atoms with Crippen LogP contribution in [-0.4, -0.2) is 34.1 Å². The summed E-state index contributed by atoms with van der Waals surface area (Å²) in [7, 11) is 1.26. The number of benzene rings is 1. The molecule has 0 bridgehead atoms. The van der Waals surface area contributed by atoms with Gasteiger partial charge in [0.15, 0.2) is 0 Å². The molecule has 0 saturated heterocycles. The van der Waals surface area contributed by atoms with Gasteiger partial charge in [-0.2, -0.15) is 0 Å². The Morgan fingerprint density at radius 2 is 1.95 bits per heavy atom. The summed E-state index contributed by atoms with van der Waals surface area (Å²) < 4.78 is 12.1. The number of methoxy groups -OCH3 is 1. The van der Waals surface area contributed by atoms with Crippen molar-refractivity contribution in [3.63, 3.8) is 0 Å². The molecule has 0 aliphatic carbocycles. The quantitative estimate of drug-likeness (QED) is 0.446. The van der Waals surface area contributed by atoms with Gasteiger partial charge in [0, 0.05) is 0 Å². The van der Waals surface area contributed by atoms with Gasteiger partial charge in [0.2, 0.25) is 0 Å². The molecule has 1 heterocycles. The van der Waals surface area contributed by atoms with E-state index in [1.54, 1.807) is 31.2 Å². The fraction of sp³-hybridized carbons (Fsp3) is 0.308. The first-order chi connectivity index (χ1) is 9.47. The first-order valence-electron chi connectivity index (χ1n) is 5.87. The van der Waals surface area contributed by atoms with Crippen molar-refractivity contribution >= 4 is 38.4 Å². The van der Waals surface area contributed by atoms with E-state index >= 15 is 0 Å². The van der Waals surface area contributed by atoms with Gasteiger partial charge in [0.05, 0.1) is 0 Å². The zero-order chi connectivity index (χ0) is 14.9. The average Bonchev–Trinajstić information content (AvgIpc) is 2.70. The number of hydrogen-bond acceptors (Lipinski definition) is 5. The van der Waals surface area contributed by atoms with Crippen LogP contribution in [0.15, 0.2) is 24.3 Å². The maximum atomic E-state index is 12.4. The second kappa shape index (κ2) is 5.78. The summed E-state index contributed by atoms with van der Waals surface area (Å²) in [5.74, 6) is -1.27. The molecule has 1 aromatic carbocycles.